The van der Waals surface area contributed by atoms with Crippen LogP contribution in [0.15, 0.2) is 42.5 Å². The van der Waals surface area contributed by atoms with Crippen molar-refractivity contribution in [2.45, 2.75) is 26.8 Å². The summed E-state index contributed by atoms with van der Waals surface area (Å²) in [6.07, 6.45) is 0.856. The summed E-state index contributed by atoms with van der Waals surface area (Å²) < 4.78 is 10.7. The van der Waals surface area contributed by atoms with Gasteiger partial charge in [-0.15, -0.1) is 0 Å². The molecule has 0 unspecified atom stereocenters. The van der Waals surface area contributed by atoms with Gasteiger partial charge in [-0.3, -0.25) is 0 Å². The second-order valence-corrected chi connectivity index (χ2v) is 8.21. The van der Waals surface area contributed by atoms with Gasteiger partial charge in [0.1, 0.15) is 5.75 Å². The Kier molecular flexibility index (Phi) is 8.58. The number of H-pyrrole nitrogens is 1. The lowest BCUT2D eigenvalue weighted by molar-refractivity contribution is 0.203. The molecule has 31 heavy (non-hydrogen) atoms. The highest BCUT2D eigenvalue weighted by Gasteiger charge is 2.14. The fourth-order valence-corrected chi connectivity index (χ4v) is 4.06. The average molecular weight is 460 g/mol. The first-order valence-corrected chi connectivity index (χ1v) is 11.3. The number of thiocarbonyl (C=S) groups is 1. The smallest absolute Gasteiger partial charge is 0.169 e. The minimum atomic E-state index is 0.608. The summed E-state index contributed by atoms with van der Waals surface area (Å²) in [7, 11) is 1.69. The molecule has 166 valence electrons. The fraction of sp³-hybridized carbons (Fsp3) is 0.375. The first-order valence-electron chi connectivity index (χ1n) is 10.5. The first kappa shape index (κ1) is 23.4. The van der Waals surface area contributed by atoms with Gasteiger partial charge in [0.05, 0.1) is 13.2 Å². The largest absolute Gasteiger partial charge is 0.494 e. The van der Waals surface area contributed by atoms with Gasteiger partial charge in [-0.1, -0.05) is 23.7 Å². The van der Waals surface area contributed by atoms with Crippen LogP contribution in [-0.2, 0) is 17.7 Å². The molecule has 0 radical (unpaired) electrons. The number of fused-ring (bicyclic) bond motifs is 1. The summed E-state index contributed by atoms with van der Waals surface area (Å²) in [5, 5.41) is 5.95. The molecule has 7 heteroatoms. The quantitative estimate of drug-likeness (QED) is 0.326. The average Bonchev–Trinajstić information content (AvgIpc) is 3.07. The van der Waals surface area contributed by atoms with E-state index >= 15 is 0 Å². The molecule has 0 aliphatic rings. The summed E-state index contributed by atoms with van der Waals surface area (Å²) in [6.45, 7) is 7.54. The second kappa shape index (κ2) is 11.4. The van der Waals surface area contributed by atoms with Crippen molar-refractivity contribution in [1.29, 1.82) is 0 Å². The lowest BCUT2D eigenvalue weighted by Gasteiger charge is -2.26. The van der Waals surface area contributed by atoms with E-state index in [9.17, 15) is 0 Å². The number of aromatic nitrogens is 1. The lowest BCUT2D eigenvalue weighted by atomic mass is 10.1. The number of nitrogens with one attached hydrogen (secondary N) is 2. The number of ether oxygens (including phenoxy) is 2. The molecular formula is C24H30ClN3O2S. The van der Waals surface area contributed by atoms with E-state index in [0.29, 0.717) is 26.3 Å². The van der Waals surface area contributed by atoms with Crippen molar-refractivity contribution < 1.29 is 9.47 Å². The summed E-state index contributed by atoms with van der Waals surface area (Å²) >= 11 is 12.0. The van der Waals surface area contributed by atoms with Crippen LogP contribution in [-0.4, -0.2) is 48.4 Å². The van der Waals surface area contributed by atoms with Gasteiger partial charge in [0.2, 0.25) is 0 Å². The molecular weight excluding hydrogens is 430 g/mol. The molecule has 0 amide bonds. The SMILES string of the molecule is CCOc1ccc(CN(CCc2c(C)[nH]c3ccc(Cl)cc23)C(=S)NCCOC)cc1. The number of hydrogen-bond acceptors (Lipinski definition) is 3. The minimum absolute atomic E-state index is 0.608. The van der Waals surface area contributed by atoms with Crippen LogP contribution in [0.4, 0.5) is 0 Å². The molecule has 3 rings (SSSR count). The monoisotopic (exact) mass is 459 g/mol. The van der Waals surface area contributed by atoms with Crippen LogP contribution in [0.3, 0.4) is 0 Å². The highest BCUT2D eigenvalue weighted by atomic mass is 35.5. The highest BCUT2D eigenvalue weighted by Crippen LogP contribution is 2.26. The molecule has 0 fully saturated rings. The van der Waals surface area contributed by atoms with E-state index in [1.807, 2.05) is 37.3 Å². The van der Waals surface area contributed by atoms with Crippen molar-refractivity contribution in [2.24, 2.45) is 0 Å². The Labute approximate surface area is 194 Å². The van der Waals surface area contributed by atoms with Crippen LogP contribution in [0.2, 0.25) is 5.02 Å². The standard InChI is InChI=1S/C24H30ClN3O2S/c1-4-30-20-8-5-18(6-9-20)16-28(24(31)26-12-14-29-3)13-11-21-17(2)27-23-10-7-19(25)15-22(21)23/h5-10,15,27H,4,11-14,16H2,1-3H3,(H,26,31). The van der Waals surface area contributed by atoms with Crippen molar-refractivity contribution in [3.8, 4) is 5.75 Å². The van der Waals surface area contributed by atoms with Gasteiger partial charge < -0.3 is 24.7 Å². The molecule has 1 heterocycles. The number of aryl methyl sites for hydroxylation is 1. The molecule has 2 aromatic carbocycles. The van der Waals surface area contributed by atoms with Crippen LogP contribution in [0.25, 0.3) is 10.9 Å². The summed E-state index contributed by atoms with van der Waals surface area (Å²) in [5.74, 6) is 0.880. The fourth-order valence-electron chi connectivity index (χ4n) is 3.63. The Morgan fingerprint density at radius 2 is 1.97 bits per heavy atom. The van der Waals surface area contributed by atoms with E-state index in [4.69, 9.17) is 33.3 Å². The molecule has 5 nitrogen and oxygen atoms in total. The van der Waals surface area contributed by atoms with E-state index < -0.39 is 0 Å². The normalized spacial score (nSPS) is 11.0. The summed E-state index contributed by atoms with van der Waals surface area (Å²) in [6, 6.07) is 14.2. The molecule has 0 spiro atoms. The van der Waals surface area contributed by atoms with Gasteiger partial charge in [0.25, 0.3) is 0 Å². The second-order valence-electron chi connectivity index (χ2n) is 7.39. The Morgan fingerprint density at radius 1 is 1.19 bits per heavy atom. The Bertz CT molecular complexity index is 1000. The van der Waals surface area contributed by atoms with Gasteiger partial charge in [-0.2, -0.15) is 0 Å². The Balaban J connectivity index is 1.75. The molecule has 2 N–H and O–H groups in total. The summed E-state index contributed by atoms with van der Waals surface area (Å²) in [4.78, 5) is 5.66. The van der Waals surface area contributed by atoms with E-state index in [1.54, 1.807) is 7.11 Å². The van der Waals surface area contributed by atoms with Crippen LogP contribution >= 0.6 is 23.8 Å². The third-order valence-corrected chi connectivity index (χ3v) is 5.83. The molecule has 1 aromatic heterocycles. The van der Waals surface area contributed by atoms with Gasteiger partial charge in [-0.05, 0) is 73.9 Å². The predicted molar refractivity (Wildman–Crippen MR) is 132 cm³/mol. The molecule has 0 atom stereocenters. The van der Waals surface area contributed by atoms with Crippen LogP contribution < -0.4 is 10.1 Å². The zero-order chi connectivity index (χ0) is 22.2. The van der Waals surface area contributed by atoms with Crippen molar-refractivity contribution in [3.63, 3.8) is 0 Å². The van der Waals surface area contributed by atoms with E-state index in [2.05, 4.69) is 34.3 Å². The van der Waals surface area contributed by atoms with Crippen LogP contribution in [0.1, 0.15) is 23.7 Å². The molecule has 0 saturated carbocycles. The van der Waals surface area contributed by atoms with E-state index in [1.165, 1.54) is 16.5 Å². The number of rotatable bonds is 10. The first-order chi connectivity index (χ1) is 15.0. The zero-order valence-electron chi connectivity index (χ0n) is 18.3. The molecule has 0 saturated heterocycles. The number of benzene rings is 2. The maximum Gasteiger partial charge on any atom is 0.169 e. The molecule has 0 aliphatic carbocycles. The van der Waals surface area contributed by atoms with Crippen LogP contribution in [0, 0.1) is 6.92 Å². The number of methoxy groups -OCH3 is 1. The van der Waals surface area contributed by atoms with Gasteiger partial charge in [-0.25, -0.2) is 0 Å². The van der Waals surface area contributed by atoms with Crippen LogP contribution in [0.5, 0.6) is 5.75 Å². The topological polar surface area (TPSA) is 49.5 Å². The van der Waals surface area contributed by atoms with Gasteiger partial charge in [0, 0.05) is 48.4 Å². The third kappa shape index (κ3) is 6.35. The van der Waals surface area contributed by atoms with E-state index in [0.717, 1.165) is 40.1 Å². The number of nitrogens with zero attached hydrogens (tertiary/aromatic N) is 1. The highest BCUT2D eigenvalue weighted by molar-refractivity contribution is 7.80. The number of hydrogen-bond donors (Lipinski definition) is 2. The van der Waals surface area contributed by atoms with Crippen molar-refractivity contribution in [1.82, 2.24) is 15.2 Å². The van der Waals surface area contributed by atoms with Crippen molar-refractivity contribution >= 4 is 39.8 Å². The number of halogens is 1. The van der Waals surface area contributed by atoms with Crippen molar-refractivity contribution in [2.75, 3.05) is 33.4 Å². The Hall–Kier alpha value is -2.28. The van der Waals surface area contributed by atoms with Gasteiger partial charge in [0.15, 0.2) is 5.11 Å². The van der Waals surface area contributed by atoms with Gasteiger partial charge >= 0.3 is 0 Å². The van der Waals surface area contributed by atoms with Crippen molar-refractivity contribution in [3.05, 3.63) is 64.3 Å². The Morgan fingerprint density at radius 3 is 2.68 bits per heavy atom. The number of aromatic amines is 1. The maximum atomic E-state index is 6.25. The summed E-state index contributed by atoms with van der Waals surface area (Å²) in [5.41, 5.74) is 4.72. The predicted octanol–water partition coefficient (Wildman–Crippen LogP) is 5.09. The molecule has 0 bridgehead atoms. The molecule has 3 aromatic rings. The third-order valence-electron chi connectivity index (χ3n) is 5.19. The zero-order valence-corrected chi connectivity index (χ0v) is 19.9. The maximum absolute atomic E-state index is 6.25. The molecule has 0 aliphatic heterocycles. The minimum Gasteiger partial charge on any atom is -0.494 e. The lowest BCUT2D eigenvalue weighted by Crippen LogP contribution is -2.41. The van der Waals surface area contributed by atoms with E-state index in [-0.39, 0.29) is 0 Å².